The van der Waals surface area contributed by atoms with Crippen LogP contribution in [0.15, 0.2) is 45.9 Å². The molecule has 0 amide bonds. The van der Waals surface area contributed by atoms with Crippen LogP contribution in [-0.4, -0.2) is 28.5 Å². The van der Waals surface area contributed by atoms with E-state index in [-0.39, 0.29) is 5.75 Å². The maximum atomic E-state index is 12.5. The topological polar surface area (TPSA) is 83.8 Å². The van der Waals surface area contributed by atoms with Gasteiger partial charge in [0.25, 0.3) is 0 Å². The molecule has 2 aromatic rings. The number of nitrogens with zero attached hydrogens (tertiary/aromatic N) is 2. The van der Waals surface area contributed by atoms with Crippen LogP contribution >= 0.6 is 11.3 Å². The summed E-state index contributed by atoms with van der Waals surface area (Å²) in [5, 5.41) is 15.6. The van der Waals surface area contributed by atoms with Crippen molar-refractivity contribution >= 4 is 23.1 Å². The number of rotatable bonds is 4. The molecule has 1 aromatic heterocycles. The summed E-state index contributed by atoms with van der Waals surface area (Å²) in [4.78, 5) is 21.6. The third-order valence-electron chi connectivity index (χ3n) is 3.81. The maximum Gasteiger partial charge on any atom is 0.338 e. The third-order valence-corrected chi connectivity index (χ3v) is 4.58. The fourth-order valence-corrected chi connectivity index (χ4v) is 3.25. The van der Waals surface area contributed by atoms with Gasteiger partial charge in [-0.15, -0.1) is 11.3 Å². The minimum absolute atomic E-state index is 0.162. The van der Waals surface area contributed by atoms with Gasteiger partial charge in [-0.1, -0.05) is 12.1 Å². The molecule has 1 aliphatic heterocycles. The van der Waals surface area contributed by atoms with Crippen molar-refractivity contribution in [3.63, 3.8) is 0 Å². The molecule has 1 atom stereocenters. The van der Waals surface area contributed by atoms with E-state index in [1.165, 1.54) is 0 Å². The molecule has 0 radical (unpaired) electrons. The van der Waals surface area contributed by atoms with Crippen LogP contribution in [0.1, 0.15) is 36.2 Å². The SMILES string of the molecule is CCOC(=O)C1=C(C)NC(c2csc(C)n2)=N[C@@H]1c1ccc(O)cc1. The van der Waals surface area contributed by atoms with E-state index >= 15 is 0 Å². The van der Waals surface area contributed by atoms with Crippen molar-refractivity contribution in [2.75, 3.05) is 6.61 Å². The molecule has 6 nitrogen and oxygen atoms in total. The number of hydrogen-bond donors (Lipinski definition) is 2. The highest BCUT2D eigenvalue weighted by Crippen LogP contribution is 2.33. The number of carbonyl (C=O) groups is 1. The van der Waals surface area contributed by atoms with E-state index in [9.17, 15) is 9.90 Å². The number of allylic oxidation sites excluding steroid dienone is 1. The molecule has 0 bridgehead atoms. The van der Waals surface area contributed by atoms with Gasteiger partial charge in [0.2, 0.25) is 0 Å². The Kier molecular flexibility index (Phi) is 4.85. The van der Waals surface area contributed by atoms with E-state index in [4.69, 9.17) is 9.73 Å². The van der Waals surface area contributed by atoms with Crippen molar-refractivity contribution in [2.45, 2.75) is 26.8 Å². The summed E-state index contributed by atoms with van der Waals surface area (Å²) in [7, 11) is 0. The monoisotopic (exact) mass is 357 g/mol. The van der Waals surface area contributed by atoms with Gasteiger partial charge in [-0.25, -0.2) is 9.78 Å². The summed E-state index contributed by atoms with van der Waals surface area (Å²) in [6, 6.07) is 6.16. The Morgan fingerprint density at radius 3 is 2.64 bits per heavy atom. The number of phenols is 1. The molecule has 3 rings (SSSR count). The van der Waals surface area contributed by atoms with Crippen LogP contribution in [0.3, 0.4) is 0 Å². The van der Waals surface area contributed by atoms with Crippen molar-refractivity contribution in [2.24, 2.45) is 4.99 Å². The summed E-state index contributed by atoms with van der Waals surface area (Å²) in [5.41, 5.74) is 2.69. The Hall–Kier alpha value is -2.67. The summed E-state index contributed by atoms with van der Waals surface area (Å²) in [6.07, 6.45) is 0. The van der Waals surface area contributed by atoms with Gasteiger partial charge in [-0.2, -0.15) is 0 Å². The number of phenolic OH excluding ortho intramolecular Hbond substituents is 1. The van der Waals surface area contributed by atoms with Crippen LogP contribution in [0.5, 0.6) is 5.75 Å². The highest BCUT2D eigenvalue weighted by molar-refractivity contribution is 7.09. The Balaban J connectivity index is 2.06. The molecule has 0 aliphatic carbocycles. The van der Waals surface area contributed by atoms with Crippen molar-refractivity contribution in [1.29, 1.82) is 0 Å². The highest BCUT2D eigenvalue weighted by Gasteiger charge is 2.31. The molecule has 0 saturated heterocycles. The van der Waals surface area contributed by atoms with E-state index in [1.54, 1.807) is 42.5 Å². The number of aromatic hydroxyl groups is 1. The van der Waals surface area contributed by atoms with Crippen LogP contribution in [0.4, 0.5) is 0 Å². The van der Waals surface area contributed by atoms with Gasteiger partial charge in [-0.3, -0.25) is 4.99 Å². The van der Waals surface area contributed by atoms with Gasteiger partial charge in [-0.05, 0) is 38.5 Å². The van der Waals surface area contributed by atoms with Gasteiger partial charge in [0, 0.05) is 11.1 Å². The van der Waals surface area contributed by atoms with E-state index in [0.717, 1.165) is 16.3 Å². The molecule has 7 heteroatoms. The summed E-state index contributed by atoms with van der Waals surface area (Å²) >= 11 is 1.54. The fraction of sp³-hybridized carbons (Fsp3) is 0.278. The molecule has 130 valence electrons. The number of amidine groups is 1. The molecular weight excluding hydrogens is 338 g/mol. The summed E-state index contributed by atoms with van der Waals surface area (Å²) in [5.74, 6) is 0.381. The Morgan fingerprint density at radius 1 is 1.32 bits per heavy atom. The van der Waals surface area contributed by atoms with Gasteiger partial charge in [0.1, 0.15) is 17.5 Å². The Morgan fingerprint density at radius 2 is 2.04 bits per heavy atom. The number of thiazole rings is 1. The molecule has 0 saturated carbocycles. The van der Waals surface area contributed by atoms with Crippen molar-refractivity contribution in [3.05, 3.63) is 57.2 Å². The lowest BCUT2D eigenvalue weighted by Gasteiger charge is -2.25. The lowest BCUT2D eigenvalue weighted by Crippen LogP contribution is -2.33. The smallest absolute Gasteiger partial charge is 0.338 e. The average molecular weight is 357 g/mol. The van der Waals surface area contributed by atoms with E-state index in [1.807, 2.05) is 19.2 Å². The van der Waals surface area contributed by atoms with Gasteiger partial charge in [0.15, 0.2) is 5.84 Å². The minimum Gasteiger partial charge on any atom is -0.508 e. The normalized spacial score (nSPS) is 17.1. The van der Waals surface area contributed by atoms with Crippen LogP contribution < -0.4 is 5.32 Å². The average Bonchev–Trinajstić information content (AvgIpc) is 3.01. The van der Waals surface area contributed by atoms with Crippen LogP contribution in [0.2, 0.25) is 0 Å². The van der Waals surface area contributed by atoms with Crippen LogP contribution in [0.25, 0.3) is 0 Å². The molecule has 0 fully saturated rings. The number of benzene rings is 1. The van der Waals surface area contributed by atoms with Crippen LogP contribution in [-0.2, 0) is 9.53 Å². The van der Waals surface area contributed by atoms with Crippen molar-refractivity contribution in [3.8, 4) is 5.75 Å². The molecule has 0 spiro atoms. The minimum atomic E-state index is -0.516. The molecule has 0 unspecified atom stereocenters. The predicted octanol–water partition coefficient (Wildman–Crippen LogP) is 3.09. The molecule has 1 aliphatic rings. The first kappa shape index (κ1) is 17.2. The zero-order chi connectivity index (χ0) is 18.0. The third kappa shape index (κ3) is 3.56. The number of hydrogen-bond acceptors (Lipinski definition) is 7. The Labute approximate surface area is 149 Å². The lowest BCUT2D eigenvalue weighted by molar-refractivity contribution is -0.138. The van der Waals surface area contributed by atoms with E-state index in [0.29, 0.717) is 23.7 Å². The zero-order valence-corrected chi connectivity index (χ0v) is 15.1. The van der Waals surface area contributed by atoms with Crippen molar-refractivity contribution in [1.82, 2.24) is 10.3 Å². The summed E-state index contributed by atoms with van der Waals surface area (Å²) < 4.78 is 5.20. The Bertz CT molecular complexity index is 853. The van der Waals surface area contributed by atoms with Crippen molar-refractivity contribution < 1.29 is 14.6 Å². The molecule has 2 heterocycles. The number of aliphatic imine (C=N–C) groups is 1. The summed E-state index contributed by atoms with van der Waals surface area (Å²) in [6.45, 7) is 5.82. The second kappa shape index (κ2) is 7.06. The largest absolute Gasteiger partial charge is 0.508 e. The van der Waals surface area contributed by atoms with E-state index in [2.05, 4.69) is 10.3 Å². The van der Waals surface area contributed by atoms with E-state index < -0.39 is 12.0 Å². The number of ether oxygens (including phenoxy) is 1. The molecular formula is C18H19N3O3S. The van der Waals surface area contributed by atoms with Gasteiger partial charge in [0.05, 0.1) is 17.2 Å². The first-order chi connectivity index (χ1) is 12.0. The van der Waals surface area contributed by atoms with Gasteiger partial charge >= 0.3 is 5.97 Å². The number of esters is 1. The number of aromatic nitrogens is 1. The first-order valence-corrected chi connectivity index (χ1v) is 8.81. The number of aryl methyl sites for hydroxylation is 1. The molecule has 2 N–H and O–H groups in total. The second-order valence-corrected chi connectivity index (χ2v) is 6.67. The predicted molar refractivity (Wildman–Crippen MR) is 96.7 cm³/mol. The fourth-order valence-electron chi connectivity index (χ4n) is 2.65. The number of carbonyl (C=O) groups excluding carboxylic acids is 1. The highest BCUT2D eigenvalue weighted by atomic mass is 32.1. The maximum absolute atomic E-state index is 12.5. The molecule has 25 heavy (non-hydrogen) atoms. The zero-order valence-electron chi connectivity index (χ0n) is 14.2. The second-order valence-electron chi connectivity index (χ2n) is 5.61. The standard InChI is InChI=1S/C18H19N3O3S/c1-4-24-18(23)15-10(2)19-17(14-9-25-11(3)20-14)21-16(15)12-5-7-13(22)8-6-12/h5-9,16,22H,4H2,1-3H3,(H,19,21)/t16-/m1/s1. The quantitative estimate of drug-likeness (QED) is 0.822. The number of nitrogens with one attached hydrogen (secondary N) is 1. The first-order valence-electron chi connectivity index (χ1n) is 7.93. The van der Waals surface area contributed by atoms with Gasteiger partial charge < -0.3 is 15.2 Å². The molecule has 1 aromatic carbocycles. The lowest BCUT2D eigenvalue weighted by atomic mass is 9.96. The van der Waals surface area contributed by atoms with Crippen LogP contribution in [0, 0.1) is 6.92 Å².